The van der Waals surface area contributed by atoms with Crippen molar-refractivity contribution in [3.63, 3.8) is 0 Å². The average molecular weight is 547 g/mol. The first-order valence-electron chi connectivity index (χ1n) is 13.2. The predicted octanol–water partition coefficient (Wildman–Crippen LogP) is 3.34. The number of rotatable bonds is 9. The molecule has 0 saturated carbocycles. The number of furan rings is 1. The summed E-state index contributed by atoms with van der Waals surface area (Å²) >= 11 is 0. The SMILES string of the molecule is COc1cccc(CCNC(=O)CN2CCCC[C@H](N=C(NC#N)Nc3ccc4oc(C)cc4c3)C2=O)c1OC. The van der Waals surface area contributed by atoms with Crippen LogP contribution in [0.2, 0.25) is 0 Å². The van der Waals surface area contributed by atoms with E-state index >= 15 is 0 Å². The molecule has 11 nitrogen and oxygen atoms in total. The molecule has 4 rings (SSSR count). The third-order valence-corrected chi connectivity index (χ3v) is 6.65. The number of hydrogen-bond donors (Lipinski definition) is 3. The number of carbonyl (C=O) groups excluding carboxylic acids is 2. The molecular weight excluding hydrogens is 512 g/mol. The van der Waals surface area contributed by atoms with Crippen molar-refractivity contribution < 1.29 is 23.5 Å². The maximum absolute atomic E-state index is 13.4. The van der Waals surface area contributed by atoms with E-state index < -0.39 is 6.04 Å². The number of aliphatic imine (C=N–C) groups is 1. The van der Waals surface area contributed by atoms with Crippen molar-refractivity contribution in [2.45, 2.75) is 38.6 Å². The summed E-state index contributed by atoms with van der Waals surface area (Å²) in [4.78, 5) is 32.2. The van der Waals surface area contributed by atoms with Crippen molar-refractivity contribution in [1.82, 2.24) is 15.5 Å². The average Bonchev–Trinajstić information content (AvgIpc) is 3.23. The second-order valence-corrected chi connectivity index (χ2v) is 9.47. The molecule has 2 amide bonds. The fourth-order valence-corrected chi connectivity index (χ4v) is 4.77. The number of methoxy groups -OCH3 is 2. The molecule has 11 heteroatoms. The van der Waals surface area contributed by atoms with Crippen LogP contribution < -0.4 is 25.4 Å². The fraction of sp³-hybridized carbons (Fsp3) is 0.379. The molecule has 1 saturated heterocycles. The van der Waals surface area contributed by atoms with Gasteiger partial charge in [-0.3, -0.25) is 14.9 Å². The van der Waals surface area contributed by atoms with Crippen molar-refractivity contribution in [1.29, 1.82) is 5.26 Å². The molecule has 1 aliphatic rings. The first kappa shape index (κ1) is 28.3. The Morgan fingerprint density at radius 2 is 2.05 bits per heavy atom. The number of carbonyl (C=O) groups is 2. The van der Waals surface area contributed by atoms with Gasteiger partial charge in [0.2, 0.25) is 17.8 Å². The van der Waals surface area contributed by atoms with E-state index in [0.717, 1.165) is 35.1 Å². The van der Waals surface area contributed by atoms with E-state index in [2.05, 4.69) is 20.9 Å². The zero-order valence-corrected chi connectivity index (χ0v) is 23.0. The van der Waals surface area contributed by atoms with Crippen molar-refractivity contribution in [2.24, 2.45) is 4.99 Å². The highest BCUT2D eigenvalue weighted by molar-refractivity contribution is 5.98. The molecule has 0 bridgehead atoms. The molecule has 3 aromatic rings. The van der Waals surface area contributed by atoms with Gasteiger partial charge < -0.3 is 29.4 Å². The molecule has 1 aromatic heterocycles. The number of benzene rings is 2. The third kappa shape index (κ3) is 7.02. The summed E-state index contributed by atoms with van der Waals surface area (Å²) in [6.07, 6.45) is 4.48. The molecule has 3 N–H and O–H groups in total. The van der Waals surface area contributed by atoms with Crippen LogP contribution in [0.25, 0.3) is 11.0 Å². The number of guanidine groups is 1. The first-order valence-corrected chi connectivity index (χ1v) is 13.2. The van der Waals surface area contributed by atoms with E-state index in [1.807, 2.05) is 55.6 Å². The minimum Gasteiger partial charge on any atom is -0.493 e. The summed E-state index contributed by atoms with van der Waals surface area (Å²) < 4.78 is 16.4. The molecule has 1 fully saturated rings. The number of aryl methyl sites for hydroxylation is 1. The van der Waals surface area contributed by atoms with E-state index in [-0.39, 0.29) is 24.3 Å². The summed E-state index contributed by atoms with van der Waals surface area (Å²) in [5, 5.41) is 18.7. The van der Waals surface area contributed by atoms with Gasteiger partial charge in [-0.15, -0.1) is 0 Å². The Balaban J connectivity index is 1.38. The molecule has 210 valence electrons. The van der Waals surface area contributed by atoms with Gasteiger partial charge in [-0.25, -0.2) is 4.99 Å². The summed E-state index contributed by atoms with van der Waals surface area (Å²) in [6.45, 7) is 2.66. The van der Waals surface area contributed by atoms with Crippen molar-refractivity contribution >= 4 is 34.4 Å². The van der Waals surface area contributed by atoms with Gasteiger partial charge in [0.05, 0.1) is 20.8 Å². The molecule has 0 unspecified atom stereocenters. The Kier molecular flexibility index (Phi) is 9.46. The highest BCUT2D eigenvalue weighted by atomic mass is 16.5. The lowest BCUT2D eigenvalue weighted by atomic mass is 10.1. The highest BCUT2D eigenvalue weighted by Gasteiger charge is 2.28. The Morgan fingerprint density at radius 1 is 1.20 bits per heavy atom. The maximum Gasteiger partial charge on any atom is 0.247 e. The van der Waals surface area contributed by atoms with E-state index in [9.17, 15) is 14.9 Å². The molecular formula is C29H34N6O5. The highest BCUT2D eigenvalue weighted by Crippen LogP contribution is 2.30. The number of ether oxygens (including phenoxy) is 2. The fourth-order valence-electron chi connectivity index (χ4n) is 4.77. The molecule has 1 aliphatic heterocycles. The summed E-state index contributed by atoms with van der Waals surface area (Å²) in [6, 6.07) is 12.3. The summed E-state index contributed by atoms with van der Waals surface area (Å²) in [5.74, 6) is 1.73. The Hall–Kier alpha value is -4.72. The topological polar surface area (TPSA) is 141 Å². The van der Waals surface area contributed by atoms with Crippen LogP contribution in [-0.4, -0.2) is 62.6 Å². The standard InChI is InChI=1S/C29H34N6O5/c1-19-15-21-16-22(10-11-24(21)40-19)33-29(32-18-30)34-23-8-4-5-14-35(28(23)37)17-26(36)31-13-12-20-7-6-9-25(38-2)27(20)39-3/h6-7,9-11,15-16,23H,4-5,8,12-14,17H2,1-3H3,(H,31,36)(H2,32,33,34)/t23-/m0/s1. The largest absolute Gasteiger partial charge is 0.493 e. The van der Waals surface area contributed by atoms with Crippen molar-refractivity contribution in [3.05, 3.63) is 53.8 Å². The van der Waals surface area contributed by atoms with Crippen LogP contribution in [0.3, 0.4) is 0 Å². The lowest BCUT2D eigenvalue weighted by Gasteiger charge is -2.23. The van der Waals surface area contributed by atoms with Crippen LogP contribution in [0, 0.1) is 18.4 Å². The first-order chi connectivity index (χ1) is 19.4. The summed E-state index contributed by atoms with van der Waals surface area (Å²) in [7, 11) is 3.16. The zero-order chi connectivity index (χ0) is 28.5. The lowest BCUT2D eigenvalue weighted by molar-refractivity contribution is -0.136. The molecule has 0 radical (unpaired) electrons. The molecule has 40 heavy (non-hydrogen) atoms. The molecule has 0 aliphatic carbocycles. The van der Waals surface area contributed by atoms with Gasteiger partial charge in [0.1, 0.15) is 17.4 Å². The Labute approximate surface area is 233 Å². The minimum absolute atomic E-state index is 0.0644. The number of anilines is 1. The number of para-hydroxylation sites is 1. The smallest absolute Gasteiger partial charge is 0.247 e. The van der Waals surface area contributed by atoms with Gasteiger partial charge in [0.25, 0.3) is 0 Å². The second-order valence-electron chi connectivity index (χ2n) is 9.47. The van der Waals surface area contributed by atoms with E-state index in [4.69, 9.17) is 13.9 Å². The van der Waals surface area contributed by atoms with Crippen LogP contribution in [0.4, 0.5) is 5.69 Å². The quantitative estimate of drug-likeness (QED) is 0.161. The molecule has 1 atom stereocenters. The van der Waals surface area contributed by atoms with Crippen LogP contribution in [-0.2, 0) is 16.0 Å². The van der Waals surface area contributed by atoms with Gasteiger partial charge in [0, 0.05) is 24.2 Å². The zero-order valence-electron chi connectivity index (χ0n) is 23.0. The van der Waals surface area contributed by atoms with Crippen molar-refractivity contribution in [3.8, 4) is 17.7 Å². The van der Waals surface area contributed by atoms with Crippen LogP contribution >= 0.6 is 0 Å². The van der Waals surface area contributed by atoms with Gasteiger partial charge in [0.15, 0.2) is 17.7 Å². The van der Waals surface area contributed by atoms with E-state index in [1.165, 1.54) is 4.90 Å². The number of hydrogen-bond acceptors (Lipinski definition) is 7. The monoisotopic (exact) mass is 546 g/mol. The van der Waals surface area contributed by atoms with Crippen LogP contribution in [0.1, 0.15) is 30.6 Å². The number of likely N-dealkylation sites (tertiary alicyclic amines) is 1. The Bertz CT molecular complexity index is 1430. The predicted molar refractivity (Wildman–Crippen MR) is 151 cm³/mol. The number of nitrogens with one attached hydrogen (secondary N) is 3. The van der Waals surface area contributed by atoms with Gasteiger partial charge in [-0.2, -0.15) is 5.26 Å². The lowest BCUT2D eigenvalue weighted by Crippen LogP contribution is -2.44. The Morgan fingerprint density at radius 3 is 2.83 bits per heavy atom. The third-order valence-electron chi connectivity index (χ3n) is 6.65. The molecule has 0 spiro atoms. The second kappa shape index (κ2) is 13.4. The minimum atomic E-state index is -0.723. The van der Waals surface area contributed by atoms with Gasteiger partial charge in [-0.05, 0) is 68.5 Å². The van der Waals surface area contributed by atoms with E-state index in [1.54, 1.807) is 14.2 Å². The summed E-state index contributed by atoms with van der Waals surface area (Å²) in [5.41, 5.74) is 2.36. The van der Waals surface area contributed by atoms with Crippen LogP contribution in [0.15, 0.2) is 51.9 Å². The van der Waals surface area contributed by atoms with Gasteiger partial charge >= 0.3 is 0 Å². The van der Waals surface area contributed by atoms with E-state index in [0.29, 0.717) is 43.1 Å². The normalized spacial score (nSPS) is 15.8. The number of nitrogens with zero attached hydrogens (tertiary/aromatic N) is 3. The molecule has 2 aromatic carbocycles. The molecule has 2 heterocycles. The number of nitriles is 1. The van der Waals surface area contributed by atoms with Gasteiger partial charge in [-0.1, -0.05) is 12.1 Å². The van der Waals surface area contributed by atoms with Crippen LogP contribution in [0.5, 0.6) is 11.5 Å². The maximum atomic E-state index is 13.4. The number of amides is 2. The number of fused-ring (bicyclic) bond motifs is 1. The van der Waals surface area contributed by atoms with Crippen molar-refractivity contribution in [2.75, 3.05) is 39.2 Å².